The molecule has 1 atom stereocenters. The van der Waals surface area contributed by atoms with Gasteiger partial charge in [0.2, 0.25) is 0 Å². The first-order chi connectivity index (χ1) is 14.9. The molecule has 0 aromatic heterocycles. The number of halogens is 1. The lowest BCUT2D eigenvalue weighted by molar-refractivity contribution is -0.113. The number of benzene rings is 2. The number of aliphatic hydroxyl groups excluding tert-OH is 1. The maximum Gasteiger partial charge on any atom is 0.271 e. The lowest BCUT2D eigenvalue weighted by Crippen LogP contribution is -2.29. The quantitative estimate of drug-likeness (QED) is 0.475. The molecule has 3 N–H and O–H groups in total. The summed E-state index contributed by atoms with van der Waals surface area (Å²) >= 11 is 7.66. The molecule has 0 bridgehead atoms. The van der Waals surface area contributed by atoms with Crippen LogP contribution in [0.25, 0.3) is 6.08 Å². The van der Waals surface area contributed by atoms with Crippen LogP contribution in [0.4, 0.5) is 5.69 Å². The Morgan fingerprint density at radius 2 is 2.10 bits per heavy atom. The highest BCUT2D eigenvalue weighted by atomic mass is 35.5. The zero-order valence-corrected chi connectivity index (χ0v) is 19.0. The number of hydrogen-bond acceptors (Lipinski definition) is 5. The molecule has 164 valence electrons. The van der Waals surface area contributed by atoms with Crippen LogP contribution in [0.3, 0.4) is 0 Å². The Hall–Kier alpha value is -2.32. The lowest BCUT2D eigenvalue weighted by atomic mass is 10.1. The number of para-hydroxylation sites is 1. The van der Waals surface area contributed by atoms with Gasteiger partial charge in [-0.2, -0.15) is 0 Å². The van der Waals surface area contributed by atoms with Crippen molar-refractivity contribution in [1.29, 1.82) is 0 Å². The third-order valence-electron chi connectivity index (χ3n) is 4.55. The molecule has 0 aliphatic carbocycles. The van der Waals surface area contributed by atoms with E-state index in [2.05, 4.69) is 11.9 Å². The van der Waals surface area contributed by atoms with Crippen molar-refractivity contribution in [3.63, 3.8) is 0 Å². The molecule has 0 unspecified atom stereocenters. The van der Waals surface area contributed by atoms with Gasteiger partial charge >= 0.3 is 0 Å². The molecule has 0 spiro atoms. The lowest BCUT2D eigenvalue weighted by Gasteiger charge is -2.18. The zero-order valence-electron chi connectivity index (χ0n) is 17.5. The molecule has 1 saturated heterocycles. The second kappa shape index (κ2) is 10.8. The molecule has 0 radical (unpaired) electrons. The Morgan fingerprint density at radius 3 is 2.77 bits per heavy atom. The Morgan fingerprint density at radius 1 is 1.32 bits per heavy atom. The number of aliphatic imine (C=N–C) groups is 1. The van der Waals surface area contributed by atoms with Crippen molar-refractivity contribution in [3.8, 4) is 5.75 Å². The summed E-state index contributed by atoms with van der Waals surface area (Å²) in [6.45, 7) is 4.53. The number of amides is 1. The Kier molecular flexibility index (Phi) is 8.15. The fourth-order valence-electron chi connectivity index (χ4n) is 2.93. The van der Waals surface area contributed by atoms with Crippen LogP contribution in [0.15, 0.2) is 52.4 Å². The van der Waals surface area contributed by atoms with E-state index >= 15 is 0 Å². The first kappa shape index (κ1) is 23.3. The van der Waals surface area contributed by atoms with E-state index in [4.69, 9.17) is 21.4 Å². The molecule has 0 saturated carbocycles. The van der Waals surface area contributed by atoms with Crippen molar-refractivity contribution >= 4 is 46.2 Å². The number of aliphatic hydroxyl groups is 1. The highest BCUT2D eigenvalue weighted by molar-refractivity contribution is 8.19. The SMILES string of the molecule is CCCN=C1S/C(=C\c2ccc(OC[C@H](O)C[OH2+])c(Cl)c2)C(=O)N1c1ccccc1C. The standard InChI is InChI=1S/C23H25ClN2O4S/c1-3-10-25-23-26(19-7-5-4-6-15(19)2)22(29)21(31-23)12-16-8-9-20(18(24)11-16)30-14-17(28)13-27/h4-9,11-12,17,27-28H,3,10,13-14H2,1-2H3/p+1/b21-12-,25-23?/t17-/m1/s1. The molecule has 1 aliphatic rings. The van der Waals surface area contributed by atoms with Crippen molar-refractivity contribution in [1.82, 2.24) is 0 Å². The van der Waals surface area contributed by atoms with Gasteiger partial charge in [-0.3, -0.25) is 14.7 Å². The maximum absolute atomic E-state index is 13.3. The third kappa shape index (κ3) is 5.68. The van der Waals surface area contributed by atoms with Crippen molar-refractivity contribution in [3.05, 3.63) is 63.5 Å². The Bertz CT molecular complexity index is 1010. The summed E-state index contributed by atoms with van der Waals surface area (Å²) in [5.74, 6) is 0.303. The predicted octanol–water partition coefficient (Wildman–Crippen LogP) is 4.00. The smallest absolute Gasteiger partial charge is 0.271 e. The van der Waals surface area contributed by atoms with Gasteiger partial charge in [0.15, 0.2) is 17.9 Å². The number of thioether (sulfide) groups is 1. The van der Waals surface area contributed by atoms with Gasteiger partial charge in [0.1, 0.15) is 12.4 Å². The number of rotatable bonds is 8. The maximum atomic E-state index is 13.3. The number of anilines is 1. The normalized spacial score (nSPS) is 17.6. The van der Waals surface area contributed by atoms with Crippen molar-refractivity contribution in [2.24, 2.45) is 4.99 Å². The number of amidine groups is 1. The van der Waals surface area contributed by atoms with E-state index in [0.29, 0.717) is 27.4 Å². The fourth-order valence-corrected chi connectivity index (χ4v) is 4.18. The number of ether oxygens (including phenoxy) is 1. The average molecular weight is 462 g/mol. The molecule has 1 fully saturated rings. The monoisotopic (exact) mass is 461 g/mol. The Labute approximate surface area is 191 Å². The predicted molar refractivity (Wildman–Crippen MR) is 128 cm³/mol. The van der Waals surface area contributed by atoms with Crippen LogP contribution in [-0.2, 0) is 4.79 Å². The molecule has 1 aliphatic heterocycles. The second-order valence-electron chi connectivity index (χ2n) is 7.06. The first-order valence-corrected chi connectivity index (χ1v) is 11.2. The number of aryl methyl sites for hydroxylation is 1. The van der Waals surface area contributed by atoms with E-state index in [1.807, 2.05) is 31.2 Å². The first-order valence-electron chi connectivity index (χ1n) is 10.0. The van der Waals surface area contributed by atoms with Crippen LogP contribution in [0.2, 0.25) is 5.02 Å². The van der Waals surface area contributed by atoms with Crippen LogP contribution < -0.4 is 9.64 Å². The van der Waals surface area contributed by atoms with Crippen molar-refractivity contribution in [2.45, 2.75) is 26.4 Å². The number of nitrogens with zero attached hydrogens (tertiary/aromatic N) is 2. The molecular formula is C23H26ClN2O4S+. The topological polar surface area (TPSA) is 85.0 Å². The summed E-state index contributed by atoms with van der Waals surface area (Å²) in [4.78, 5) is 20.1. The molecule has 1 amide bonds. The minimum atomic E-state index is -0.862. The van der Waals surface area contributed by atoms with E-state index in [1.165, 1.54) is 11.8 Å². The van der Waals surface area contributed by atoms with Gasteiger partial charge < -0.3 is 14.9 Å². The highest BCUT2D eigenvalue weighted by Gasteiger charge is 2.35. The summed E-state index contributed by atoms with van der Waals surface area (Å²) in [7, 11) is 0. The van der Waals surface area contributed by atoms with E-state index in [9.17, 15) is 9.90 Å². The molecular weight excluding hydrogens is 436 g/mol. The van der Waals surface area contributed by atoms with E-state index in [1.54, 1.807) is 29.2 Å². The van der Waals surface area contributed by atoms with Crippen LogP contribution in [0.5, 0.6) is 5.75 Å². The number of hydrogen-bond donors (Lipinski definition) is 1. The molecule has 1 heterocycles. The van der Waals surface area contributed by atoms with Crippen LogP contribution >= 0.6 is 23.4 Å². The molecule has 3 rings (SSSR count). The Balaban J connectivity index is 1.88. The number of carbonyl (C=O) groups is 1. The third-order valence-corrected chi connectivity index (χ3v) is 5.86. The van der Waals surface area contributed by atoms with Crippen molar-refractivity contribution < 1.29 is 19.7 Å². The molecule has 2 aromatic rings. The van der Waals surface area contributed by atoms with Gasteiger partial charge in [0.05, 0.1) is 15.6 Å². The largest absolute Gasteiger partial charge is 0.489 e. The van der Waals surface area contributed by atoms with Gasteiger partial charge in [-0.1, -0.05) is 42.8 Å². The van der Waals surface area contributed by atoms with E-state index in [0.717, 1.165) is 23.2 Å². The van der Waals surface area contributed by atoms with Gasteiger partial charge in [-0.15, -0.1) is 0 Å². The van der Waals surface area contributed by atoms with Gasteiger partial charge in [-0.25, -0.2) is 0 Å². The number of carbonyl (C=O) groups excluding carboxylic acids is 1. The van der Waals surface area contributed by atoms with Gasteiger partial charge in [-0.05, 0) is 60.5 Å². The average Bonchev–Trinajstić information content (AvgIpc) is 3.06. The highest BCUT2D eigenvalue weighted by Crippen LogP contribution is 2.38. The minimum absolute atomic E-state index is 0.000628. The van der Waals surface area contributed by atoms with Gasteiger partial charge in [0.25, 0.3) is 5.91 Å². The van der Waals surface area contributed by atoms with Crippen LogP contribution in [0.1, 0.15) is 24.5 Å². The second-order valence-corrected chi connectivity index (χ2v) is 8.48. The molecule has 31 heavy (non-hydrogen) atoms. The van der Waals surface area contributed by atoms with Gasteiger partial charge in [0, 0.05) is 6.54 Å². The van der Waals surface area contributed by atoms with Crippen LogP contribution in [-0.4, -0.2) is 47.2 Å². The summed E-state index contributed by atoms with van der Waals surface area (Å²) in [5, 5.41) is 17.7. The summed E-state index contributed by atoms with van der Waals surface area (Å²) in [5.41, 5.74) is 2.59. The van der Waals surface area contributed by atoms with E-state index < -0.39 is 6.10 Å². The molecule has 6 nitrogen and oxygen atoms in total. The minimum Gasteiger partial charge on any atom is -0.489 e. The van der Waals surface area contributed by atoms with E-state index in [-0.39, 0.29) is 19.1 Å². The summed E-state index contributed by atoms with van der Waals surface area (Å²) < 4.78 is 5.46. The fraction of sp³-hybridized carbons (Fsp3) is 0.304. The summed E-state index contributed by atoms with van der Waals surface area (Å²) in [6.07, 6.45) is 1.82. The van der Waals surface area contributed by atoms with Crippen LogP contribution in [0, 0.1) is 6.92 Å². The summed E-state index contributed by atoms with van der Waals surface area (Å²) in [6, 6.07) is 13.0. The zero-order chi connectivity index (χ0) is 22.4. The molecule has 2 aromatic carbocycles. The molecule has 8 heteroatoms. The van der Waals surface area contributed by atoms with Crippen molar-refractivity contribution in [2.75, 3.05) is 24.7 Å².